The Labute approximate surface area is 333 Å². The molecule has 0 aliphatic heterocycles. The molecule has 0 fully saturated rings. The quantitative estimate of drug-likeness (QED) is 0.0547. The van der Waals surface area contributed by atoms with E-state index in [1.165, 1.54) is 257 Å². The van der Waals surface area contributed by atoms with Gasteiger partial charge in [0.05, 0.1) is 0 Å². The van der Waals surface area contributed by atoms with E-state index in [4.69, 9.17) is 0 Å². The zero-order valence-electron chi connectivity index (χ0n) is 37.9. The lowest BCUT2D eigenvalue weighted by molar-refractivity contribution is 0.0813. The highest BCUT2D eigenvalue weighted by molar-refractivity contribution is 4.87. The fourth-order valence-corrected chi connectivity index (χ4v) is 9.63. The molecule has 0 N–H and O–H groups in total. The van der Waals surface area contributed by atoms with Crippen molar-refractivity contribution in [2.45, 2.75) is 324 Å². The molecule has 0 amide bonds. The van der Waals surface area contributed by atoms with E-state index in [-0.39, 0.29) is 0 Å². The summed E-state index contributed by atoms with van der Waals surface area (Å²) in [6, 6.07) is 0. The normalized spacial score (nSPS) is 12.1. The smallest absolute Gasteiger partial charge is 0.0269 e. The molecule has 0 aromatic carbocycles. The fraction of sp³-hybridized carbons (Fsp3) is 1.00. The topological polar surface area (TPSA) is 0 Å². The lowest BCUT2D eigenvalue weighted by Crippen LogP contribution is -2.32. The Morgan fingerprint density at radius 3 is 0.596 bits per heavy atom. The van der Waals surface area contributed by atoms with Crippen LogP contribution in [0.1, 0.15) is 324 Å². The van der Waals surface area contributed by atoms with Gasteiger partial charge in [0.1, 0.15) is 0 Å². The van der Waals surface area contributed by atoms with Crippen LogP contribution in [0.15, 0.2) is 0 Å². The Hall–Kier alpha value is 0. The van der Waals surface area contributed by atoms with Crippen LogP contribution in [0.25, 0.3) is 0 Å². The van der Waals surface area contributed by atoms with Crippen molar-refractivity contribution < 1.29 is 0 Å². The summed E-state index contributed by atoms with van der Waals surface area (Å²) in [6.07, 6.45) is 66.7. The standard InChI is InChI=1S/C52H106/c1-6-11-16-21-26-31-36-41-46-51(47-42-37-32-27-22-17-12-7-2)52(48-43-38-33-28-23-18-13-8-3,49-44-39-34-29-24-19-14-9-4)50-45-40-35-30-25-20-15-10-5/h51H,6-50H2,1-5H3. The molecule has 0 bridgehead atoms. The van der Waals surface area contributed by atoms with Crippen molar-refractivity contribution in [3.05, 3.63) is 0 Å². The van der Waals surface area contributed by atoms with Gasteiger partial charge in [-0.15, -0.1) is 0 Å². The van der Waals surface area contributed by atoms with Crippen molar-refractivity contribution in [1.82, 2.24) is 0 Å². The minimum atomic E-state index is 0.634. The van der Waals surface area contributed by atoms with E-state index in [1.807, 2.05) is 0 Å². The molecule has 0 nitrogen and oxygen atoms in total. The van der Waals surface area contributed by atoms with Gasteiger partial charge in [-0.2, -0.15) is 0 Å². The molecule has 0 heteroatoms. The summed E-state index contributed by atoms with van der Waals surface area (Å²) in [7, 11) is 0. The molecule has 0 aromatic rings. The Kier molecular flexibility index (Phi) is 43.7. The fourth-order valence-electron chi connectivity index (χ4n) is 9.63. The first-order valence-electron chi connectivity index (χ1n) is 25.7. The summed E-state index contributed by atoms with van der Waals surface area (Å²) in [6.45, 7) is 11.8. The summed E-state index contributed by atoms with van der Waals surface area (Å²) in [5.74, 6) is 0.992. The molecule has 0 aliphatic carbocycles. The van der Waals surface area contributed by atoms with E-state index >= 15 is 0 Å². The second kappa shape index (κ2) is 43.7. The molecule has 0 rings (SSSR count). The second-order valence-corrected chi connectivity index (χ2v) is 18.3. The highest BCUT2D eigenvalue weighted by Crippen LogP contribution is 2.48. The zero-order valence-corrected chi connectivity index (χ0v) is 37.9. The molecular formula is C52H106. The van der Waals surface area contributed by atoms with Gasteiger partial charge in [-0.25, -0.2) is 0 Å². The van der Waals surface area contributed by atoms with Gasteiger partial charge >= 0.3 is 0 Å². The predicted octanol–water partition coefficient (Wildman–Crippen LogP) is 20.2. The van der Waals surface area contributed by atoms with E-state index in [2.05, 4.69) is 34.6 Å². The Morgan fingerprint density at radius 2 is 0.385 bits per heavy atom. The average Bonchev–Trinajstić information content (AvgIpc) is 3.15. The monoisotopic (exact) mass is 731 g/mol. The van der Waals surface area contributed by atoms with Gasteiger partial charge in [0, 0.05) is 0 Å². The van der Waals surface area contributed by atoms with Gasteiger partial charge in [0.2, 0.25) is 0 Å². The first kappa shape index (κ1) is 52.0. The second-order valence-electron chi connectivity index (χ2n) is 18.3. The van der Waals surface area contributed by atoms with Crippen LogP contribution in [-0.4, -0.2) is 0 Å². The number of hydrogen-bond acceptors (Lipinski definition) is 0. The van der Waals surface area contributed by atoms with Crippen LogP contribution in [0.4, 0.5) is 0 Å². The largest absolute Gasteiger partial charge is 0.0654 e. The molecule has 0 aliphatic rings. The third kappa shape index (κ3) is 34.5. The Balaban J connectivity index is 5.72. The lowest BCUT2D eigenvalue weighted by Gasteiger charge is -2.43. The minimum absolute atomic E-state index is 0.634. The van der Waals surface area contributed by atoms with Crippen LogP contribution in [0.5, 0.6) is 0 Å². The van der Waals surface area contributed by atoms with Crippen molar-refractivity contribution in [1.29, 1.82) is 0 Å². The molecule has 0 heterocycles. The maximum Gasteiger partial charge on any atom is -0.0269 e. The van der Waals surface area contributed by atoms with Gasteiger partial charge in [-0.3, -0.25) is 0 Å². The van der Waals surface area contributed by atoms with E-state index in [1.54, 1.807) is 32.1 Å². The van der Waals surface area contributed by atoms with Gasteiger partial charge in [0.25, 0.3) is 0 Å². The van der Waals surface area contributed by atoms with Gasteiger partial charge in [-0.1, -0.05) is 291 Å². The molecule has 0 saturated carbocycles. The van der Waals surface area contributed by atoms with E-state index in [0.717, 1.165) is 5.92 Å². The molecular weight excluding hydrogens is 625 g/mol. The predicted molar refractivity (Wildman–Crippen MR) is 242 cm³/mol. The summed E-state index contributed by atoms with van der Waals surface area (Å²) in [5.41, 5.74) is 0.634. The number of unbranched alkanes of at least 4 members (excludes halogenated alkanes) is 35. The highest BCUT2D eigenvalue weighted by Gasteiger charge is 2.36. The summed E-state index contributed by atoms with van der Waals surface area (Å²) < 4.78 is 0. The number of rotatable bonds is 46. The van der Waals surface area contributed by atoms with E-state index in [0.29, 0.717) is 5.41 Å². The van der Waals surface area contributed by atoms with Crippen LogP contribution in [0.2, 0.25) is 0 Å². The summed E-state index contributed by atoms with van der Waals surface area (Å²) in [4.78, 5) is 0. The van der Waals surface area contributed by atoms with Gasteiger partial charge in [-0.05, 0) is 43.4 Å². The van der Waals surface area contributed by atoms with Crippen molar-refractivity contribution in [3.8, 4) is 0 Å². The van der Waals surface area contributed by atoms with Crippen molar-refractivity contribution in [2.24, 2.45) is 11.3 Å². The maximum atomic E-state index is 2.36. The molecule has 314 valence electrons. The summed E-state index contributed by atoms with van der Waals surface area (Å²) in [5, 5.41) is 0. The van der Waals surface area contributed by atoms with Crippen LogP contribution >= 0.6 is 0 Å². The SMILES string of the molecule is CCCCCCCCCCC(CCCCCCCCCC)C(CCCCCCCCCC)(CCCCCCCCCC)CCCCCCCCCC. The van der Waals surface area contributed by atoms with Crippen LogP contribution < -0.4 is 0 Å². The molecule has 0 aromatic heterocycles. The molecule has 0 spiro atoms. The first-order chi connectivity index (χ1) is 25.7. The zero-order chi connectivity index (χ0) is 37.9. The molecule has 0 unspecified atom stereocenters. The number of hydrogen-bond donors (Lipinski definition) is 0. The minimum Gasteiger partial charge on any atom is -0.0654 e. The maximum absolute atomic E-state index is 2.36. The van der Waals surface area contributed by atoms with Crippen molar-refractivity contribution in [3.63, 3.8) is 0 Å². The summed E-state index contributed by atoms with van der Waals surface area (Å²) >= 11 is 0. The average molecular weight is 731 g/mol. The van der Waals surface area contributed by atoms with Crippen LogP contribution in [0.3, 0.4) is 0 Å². The Morgan fingerprint density at radius 1 is 0.212 bits per heavy atom. The van der Waals surface area contributed by atoms with Gasteiger partial charge in [0.15, 0.2) is 0 Å². The molecule has 52 heavy (non-hydrogen) atoms. The molecule has 0 radical (unpaired) electrons. The highest BCUT2D eigenvalue weighted by atomic mass is 14.4. The first-order valence-corrected chi connectivity index (χ1v) is 25.7. The van der Waals surface area contributed by atoms with Crippen LogP contribution in [0, 0.1) is 11.3 Å². The third-order valence-electron chi connectivity index (χ3n) is 13.3. The van der Waals surface area contributed by atoms with Crippen molar-refractivity contribution in [2.75, 3.05) is 0 Å². The van der Waals surface area contributed by atoms with E-state index in [9.17, 15) is 0 Å². The molecule has 0 saturated heterocycles. The lowest BCUT2D eigenvalue weighted by atomic mass is 9.62. The third-order valence-corrected chi connectivity index (χ3v) is 13.3. The van der Waals surface area contributed by atoms with Crippen LogP contribution in [-0.2, 0) is 0 Å². The Bertz CT molecular complexity index is 549. The van der Waals surface area contributed by atoms with Crippen molar-refractivity contribution >= 4 is 0 Å². The van der Waals surface area contributed by atoms with Gasteiger partial charge < -0.3 is 0 Å². The van der Waals surface area contributed by atoms with E-state index < -0.39 is 0 Å². The molecule has 0 atom stereocenters.